The van der Waals surface area contributed by atoms with Crippen molar-refractivity contribution in [2.24, 2.45) is 0 Å². The molecule has 178 valence electrons. The number of carbonyl (C=O) groups is 2. The molecule has 1 aliphatic heterocycles. The number of hydrogen-bond donors (Lipinski definition) is 3. The van der Waals surface area contributed by atoms with Crippen LogP contribution in [-0.4, -0.2) is 57.5 Å². The van der Waals surface area contributed by atoms with Gasteiger partial charge in [0.2, 0.25) is 11.8 Å². The molecule has 0 aromatic heterocycles. The summed E-state index contributed by atoms with van der Waals surface area (Å²) in [6.45, 7) is -0.194. The normalized spacial score (nSPS) is 18.4. The largest absolute Gasteiger partial charge is 0.493 e. The van der Waals surface area contributed by atoms with Crippen LogP contribution in [0.3, 0.4) is 0 Å². The molecule has 0 radical (unpaired) electrons. The summed E-state index contributed by atoms with van der Waals surface area (Å²) in [4.78, 5) is 24.5. The number of ether oxygens (including phenoxy) is 2. The second-order valence-electron chi connectivity index (χ2n) is 6.83. The molecule has 13 heteroatoms. The molecule has 9 nitrogen and oxygen atoms in total. The summed E-state index contributed by atoms with van der Waals surface area (Å²) in [6, 6.07) is 6.69. The topological polar surface area (TPSA) is 123 Å². The van der Waals surface area contributed by atoms with Gasteiger partial charge >= 0.3 is 0 Å². The van der Waals surface area contributed by atoms with E-state index in [0.717, 1.165) is 30.0 Å². The molecular weight excluding hydrogens is 480 g/mol. The minimum absolute atomic E-state index is 0.107. The lowest BCUT2D eigenvalue weighted by atomic mass is 10.3. The maximum Gasteiger partial charge on any atom is 0.241 e. The standard InChI is InChI=1S/C20H21F2N3O6S2/c1-30-15-6-4-12(8-16(15)31-2)33(28,29)17-9-23-20(25-19(17)27)32-10-18(26)24-14-7-11(21)3-5-13(14)22/h3-8,17,20,23H,9-10H2,1-2H3,(H,24,26)(H,25,27). The van der Waals surface area contributed by atoms with Crippen molar-refractivity contribution in [3.63, 3.8) is 0 Å². The van der Waals surface area contributed by atoms with Crippen LogP contribution in [0.4, 0.5) is 14.5 Å². The van der Waals surface area contributed by atoms with E-state index in [9.17, 15) is 26.8 Å². The summed E-state index contributed by atoms with van der Waals surface area (Å²) in [5.41, 5.74) is -1.06. The number of rotatable bonds is 8. The zero-order valence-electron chi connectivity index (χ0n) is 17.6. The van der Waals surface area contributed by atoms with Gasteiger partial charge in [0.1, 0.15) is 17.1 Å². The fourth-order valence-electron chi connectivity index (χ4n) is 3.03. The molecule has 33 heavy (non-hydrogen) atoms. The van der Waals surface area contributed by atoms with E-state index in [2.05, 4.69) is 16.0 Å². The van der Waals surface area contributed by atoms with Crippen molar-refractivity contribution in [3.05, 3.63) is 48.0 Å². The number of hydrogen-bond acceptors (Lipinski definition) is 8. The molecule has 0 saturated carbocycles. The predicted octanol–water partition coefficient (Wildman–Crippen LogP) is 1.50. The van der Waals surface area contributed by atoms with E-state index in [1.807, 2.05) is 0 Å². The first kappa shape index (κ1) is 24.7. The first-order chi connectivity index (χ1) is 15.6. The van der Waals surface area contributed by atoms with Gasteiger partial charge in [-0.15, -0.1) is 11.8 Å². The molecule has 1 saturated heterocycles. The molecule has 2 amide bonds. The van der Waals surface area contributed by atoms with E-state index in [1.54, 1.807) is 0 Å². The van der Waals surface area contributed by atoms with Crippen LogP contribution >= 0.6 is 11.8 Å². The van der Waals surface area contributed by atoms with E-state index in [1.165, 1.54) is 32.4 Å². The minimum atomic E-state index is -4.05. The molecule has 3 N–H and O–H groups in total. The molecular formula is C20H21F2N3O6S2. The summed E-state index contributed by atoms with van der Waals surface area (Å²) < 4.78 is 63.0. The maximum atomic E-state index is 13.6. The number of sulfone groups is 1. The third-order valence-corrected chi connectivity index (χ3v) is 7.78. The zero-order chi connectivity index (χ0) is 24.2. The Morgan fingerprint density at radius 3 is 2.55 bits per heavy atom. The summed E-state index contributed by atoms with van der Waals surface area (Å²) in [5, 5.41) is 6.19. The molecule has 2 aromatic rings. The summed E-state index contributed by atoms with van der Waals surface area (Å²) >= 11 is 0.955. The van der Waals surface area contributed by atoms with Gasteiger partial charge in [-0.1, -0.05) is 0 Å². The van der Waals surface area contributed by atoms with Gasteiger partial charge in [-0.05, 0) is 24.3 Å². The second kappa shape index (κ2) is 10.4. The molecule has 1 heterocycles. The van der Waals surface area contributed by atoms with Gasteiger partial charge < -0.3 is 20.1 Å². The Morgan fingerprint density at radius 2 is 1.88 bits per heavy atom. The predicted molar refractivity (Wildman–Crippen MR) is 118 cm³/mol. The van der Waals surface area contributed by atoms with Gasteiger partial charge in [0.25, 0.3) is 0 Å². The van der Waals surface area contributed by atoms with Gasteiger partial charge in [0, 0.05) is 18.7 Å². The van der Waals surface area contributed by atoms with Crippen molar-refractivity contribution in [1.29, 1.82) is 0 Å². The van der Waals surface area contributed by atoms with Crippen molar-refractivity contribution in [2.45, 2.75) is 15.6 Å². The Morgan fingerprint density at radius 1 is 1.15 bits per heavy atom. The molecule has 2 aromatic carbocycles. The van der Waals surface area contributed by atoms with Gasteiger partial charge in [-0.25, -0.2) is 17.2 Å². The monoisotopic (exact) mass is 501 g/mol. The van der Waals surface area contributed by atoms with E-state index in [4.69, 9.17) is 9.47 Å². The smallest absolute Gasteiger partial charge is 0.241 e. The van der Waals surface area contributed by atoms with Gasteiger partial charge in [-0.3, -0.25) is 14.9 Å². The van der Waals surface area contributed by atoms with Crippen LogP contribution in [0.25, 0.3) is 0 Å². The van der Waals surface area contributed by atoms with Gasteiger partial charge in [-0.2, -0.15) is 0 Å². The summed E-state index contributed by atoms with van der Waals surface area (Å²) in [5.74, 6) is -2.52. The Labute approximate surface area is 193 Å². The molecule has 1 fully saturated rings. The number of nitrogens with one attached hydrogen (secondary N) is 3. The van der Waals surface area contributed by atoms with Gasteiger partial charge in [0.15, 0.2) is 26.6 Å². The Kier molecular flexibility index (Phi) is 7.76. The molecule has 0 aliphatic carbocycles. The summed E-state index contributed by atoms with van der Waals surface area (Å²) in [6.07, 6.45) is 0. The van der Waals surface area contributed by atoms with Crippen LogP contribution in [0.2, 0.25) is 0 Å². The highest BCUT2D eigenvalue weighted by Crippen LogP contribution is 2.31. The third-order valence-electron chi connectivity index (χ3n) is 4.70. The molecule has 0 spiro atoms. The lowest BCUT2D eigenvalue weighted by Gasteiger charge is -2.29. The van der Waals surface area contributed by atoms with Crippen LogP contribution in [0.5, 0.6) is 11.5 Å². The number of carbonyl (C=O) groups excluding carboxylic acids is 2. The Hall–Kier alpha value is -2.90. The Balaban J connectivity index is 1.59. The van der Waals surface area contributed by atoms with Gasteiger partial charge in [0.05, 0.1) is 30.6 Å². The zero-order valence-corrected chi connectivity index (χ0v) is 19.2. The van der Waals surface area contributed by atoms with E-state index < -0.39 is 44.0 Å². The maximum absolute atomic E-state index is 13.6. The van der Waals surface area contributed by atoms with Crippen LogP contribution in [0.1, 0.15) is 0 Å². The number of benzene rings is 2. The van der Waals surface area contributed by atoms with E-state index in [-0.39, 0.29) is 28.6 Å². The Bertz CT molecular complexity index is 1160. The lowest BCUT2D eigenvalue weighted by Crippen LogP contribution is -2.59. The van der Waals surface area contributed by atoms with E-state index >= 15 is 0 Å². The quantitative estimate of drug-likeness (QED) is 0.498. The fraction of sp³-hybridized carbons (Fsp3) is 0.300. The van der Waals surface area contributed by atoms with Crippen LogP contribution in [0, 0.1) is 11.6 Å². The molecule has 3 rings (SSSR count). The number of thioether (sulfide) groups is 1. The van der Waals surface area contributed by atoms with Crippen molar-refractivity contribution in [1.82, 2.24) is 10.6 Å². The van der Waals surface area contributed by atoms with Crippen LogP contribution < -0.4 is 25.4 Å². The highest BCUT2D eigenvalue weighted by atomic mass is 32.2. The van der Waals surface area contributed by atoms with Crippen molar-refractivity contribution in [2.75, 3.05) is 31.8 Å². The average Bonchev–Trinajstić information content (AvgIpc) is 2.79. The molecule has 2 unspecified atom stereocenters. The first-order valence-electron chi connectivity index (χ1n) is 9.52. The highest BCUT2D eigenvalue weighted by Gasteiger charge is 2.39. The van der Waals surface area contributed by atoms with Crippen LogP contribution in [0.15, 0.2) is 41.3 Å². The lowest BCUT2D eigenvalue weighted by molar-refractivity contribution is -0.122. The van der Waals surface area contributed by atoms with Crippen molar-refractivity contribution < 1.29 is 36.3 Å². The highest BCUT2D eigenvalue weighted by molar-refractivity contribution is 8.00. The van der Waals surface area contributed by atoms with Crippen molar-refractivity contribution in [3.8, 4) is 11.5 Å². The average molecular weight is 502 g/mol. The second-order valence-corrected chi connectivity index (χ2v) is 10.1. The first-order valence-corrected chi connectivity index (χ1v) is 12.1. The summed E-state index contributed by atoms with van der Waals surface area (Å²) in [7, 11) is -1.27. The molecule has 2 atom stereocenters. The van der Waals surface area contributed by atoms with Crippen molar-refractivity contribution >= 4 is 39.1 Å². The fourth-order valence-corrected chi connectivity index (χ4v) is 5.35. The number of halogens is 2. The van der Waals surface area contributed by atoms with Crippen LogP contribution in [-0.2, 0) is 19.4 Å². The number of methoxy groups -OCH3 is 2. The number of amides is 2. The SMILES string of the molecule is COc1ccc(S(=O)(=O)C2CNC(SCC(=O)Nc3cc(F)ccc3F)NC2=O)cc1OC. The molecule has 0 bridgehead atoms. The third kappa shape index (κ3) is 5.72. The molecule has 1 aliphatic rings. The minimum Gasteiger partial charge on any atom is -0.493 e. The van der Waals surface area contributed by atoms with E-state index in [0.29, 0.717) is 5.75 Å². The number of anilines is 1.